The number of hydrogen-bond acceptors (Lipinski definition) is 4. The van der Waals surface area contributed by atoms with Gasteiger partial charge in [0.25, 0.3) is 5.91 Å². The molecule has 1 amide bonds. The molecule has 0 aliphatic rings. The van der Waals surface area contributed by atoms with Gasteiger partial charge in [0.15, 0.2) is 10.8 Å². The van der Waals surface area contributed by atoms with Crippen LogP contribution in [0, 0.1) is 0 Å². The van der Waals surface area contributed by atoms with Crippen LogP contribution in [0.3, 0.4) is 0 Å². The number of carboxylic acid groups (broad SMARTS) is 1. The molecule has 21 heavy (non-hydrogen) atoms. The summed E-state index contributed by atoms with van der Waals surface area (Å²) in [6.07, 6.45) is 0.412. The highest BCUT2D eigenvalue weighted by molar-refractivity contribution is 6.29. The summed E-state index contributed by atoms with van der Waals surface area (Å²) < 4.78 is 0. The van der Waals surface area contributed by atoms with Gasteiger partial charge in [-0.3, -0.25) is 4.79 Å². The number of nitrogens with one attached hydrogen (secondary N) is 1. The Morgan fingerprint density at radius 2 is 1.90 bits per heavy atom. The van der Waals surface area contributed by atoms with Crippen LogP contribution >= 0.6 is 11.6 Å². The first kappa shape index (κ1) is 14.9. The van der Waals surface area contributed by atoms with Gasteiger partial charge in [-0.15, -0.1) is 10.2 Å². The Labute approximate surface area is 125 Å². The SMILES string of the molecule is O=C(NCCc1ccccc1C(=O)O)c1ccc(Cl)nn1. The van der Waals surface area contributed by atoms with Crippen molar-refractivity contribution in [3.63, 3.8) is 0 Å². The minimum Gasteiger partial charge on any atom is -0.478 e. The normalized spacial score (nSPS) is 10.1. The van der Waals surface area contributed by atoms with Gasteiger partial charge in [-0.2, -0.15) is 0 Å². The van der Waals surface area contributed by atoms with E-state index in [0.717, 1.165) is 0 Å². The molecule has 0 fully saturated rings. The Kier molecular flexibility index (Phi) is 4.84. The molecule has 0 atom stereocenters. The van der Waals surface area contributed by atoms with Gasteiger partial charge in [0.05, 0.1) is 5.56 Å². The molecule has 2 N–H and O–H groups in total. The zero-order valence-corrected chi connectivity index (χ0v) is 11.7. The van der Waals surface area contributed by atoms with Gasteiger partial charge in [0, 0.05) is 6.54 Å². The second-order valence-electron chi connectivity index (χ2n) is 4.21. The lowest BCUT2D eigenvalue weighted by atomic mass is 10.0. The van der Waals surface area contributed by atoms with Crippen molar-refractivity contribution in [3.05, 3.63) is 58.4 Å². The van der Waals surface area contributed by atoms with Crippen molar-refractivity contribution in [1.29, 1.82) is 0 Å². The number of rotatable bonds is 5. The molecule has 7 heteroatoms. The molecular formula is C14H12ClN3O3. The summed E-state index contributed by atoms with van der Waals surface area (Å²) in [5.74, 6) is -1.37. The fraction of sp³-hybridized carbons (Fsp3) is 0.143. The van der Waals surface area contributed by atoms with Crippen LogP contribution in [0.1, 0.15) is 26.4 Å². The Morgan fingerprint density at radius 3 is 2.57 bits per heavy atom. The van der Waals surface area contributed by atoms with Crippen molar-refractivity contribution in [2.24, 2.45) is 0 Å². The van der Waals surface area contributed by atoms with Gasteiger partial charge < -0.3 is 10.4 Å². The van der Waals surface area contributed by atoms with E-state index in [4.69, 9.17) is 16.7 Å². The Morgan fingerprint density at radius 1 is 1.14 bits per heavy atom. The van der Waals surface area contributed by atoms with Crippen molar-refractivity contribution in [1.82, 2.24) is 15.5 Å². The van der Waals surface area contributed by atoms with Gasteiger partial charge in [-0.05, 0) is 30.2 Å². The van der Waals surface area contributed by atoms with E-state index in [2.05, 4.69) is 15.5 Å². The van der Waals surface area contributed by atoms with E-state index in [1.54, 1.807) is 18.2 Å². The average molecular weight is 306 g/mol. The molecule has 0 saturated carbocycles. The highest BCUT2D eigenvalue weighted by Gasteiger charge is 2.10. The summed E-state index contributed by atoms with van der Waals surface area (Å²) in [5.41, 5.74) is 1.05. The first-order chi connectivity index (χ1) is 10.1. The van der Waals surface area contributed by atoms with Crippen molar-refractivity contribution in [2.45, 2.75) is 6.42 Å². The number of carbonyl (C=O) groups is 2. The first-order valence-corrected chi connectivity index (χ1v) is 6.54. The van der Waals surface area contributed by atoms with Crippen molar-refractivity contribution in [3.8, 4) is 0 Å². The highest BCUT2D eigenvalue weighted by Crippen LogP contribution is 2.09. The fourth-order valence-electron chi connectivity index (χ4n) is 1.79. The molecule has 2 aromatic rings. The smallest absolute Gasteiger partial charge is 0.335 e. The zero-order chi connectivity index (χ0) is 15.2. The summed E-state index contributed by atoms with van der Waals surface area (Å²) in [6, 6.07) is 9.62. The summed E-state index contributed by atoms with van der Waals surface area (Å²) in [5, 5.41) is 19.2. The van der Waals surface area contributed by atoms with Gasteiger partial charge >= 0.3 is 5.97 Å². The van der Waals surface area contributed by atoms with Gasteiger partial charge in [-0.1, -0.05) is 29.8 Å². The molecule has 1 heterocycles. The maximum Gasteiger partial charge on any atom is 0.335 e. The van der Waals surface area contributed by atoms with E-state index < -0.39 is 5.97 Å². The summed E-state index contributed by atoms with van der Waals surface area (Å²) >= 11 is 5.59. The number of nitrogens with zero attached hydrogens (tertiary/aromatic N) is 2. The molecule has 0 unspecified atom stereocenters. The minimum atomic E-state index is -0.986. The summed E-state index contributed by atoms with van der Waals surface area (Å²) in [6.45, 7) is 0.299. The molecule has 0 spiro atoms. The number of carbonyl (C=O) groups excluding carboxylic acids is 1. The van der Waals surface area contributed by atoms with Crippen molar-refractivity contribution < 1.29 is 14.7 Å². The molecule has 0 aliphatic carbocycles. The monoisotopic (exact) mass is 305 g/mol. The fourth-order valence-corrected chi connectivity index (χ4v) is 1.89. The maximum atomic E-state index is 11.8. The molecule has 2 rings (SSSR count). The van der Waals surface area contributed by atoms with E-state index in [-0.39, 0.29) is 22.3 Å². The largest absolute Gasteiger partial charge is 0.478 e. The maximum absolute atomic E-state index is 11.8. The number of amides is 1. The Hall–Kier alpha value is -2.47. The lowest BCUT2D eigenvalue weighted by molar-refractivity contribution is 0.0695. The number of aromatic carboxylic acids is 1. The topological polar surface area (TPSA) is 92.2 Å². The third-order valence-electron chi connectivity index (χ3n) is 2.79. The Bertz CT molecular complexity index is 659. The number of benzene rings is 1. The van der Waals surface area contributed by atoms with E-state index in [1.807, 2.05) is 0 Å². The van der Waals surface area contributed by atoms with Crippen LogP contribution in [-0.2, 0) is 6.42 Å². The molecule has 1 aromatic carbocycles. The van der Waals surface area contributed by atoms with Crippen LogP contribution in [0.5, 0.6) is 0 Å². The number of carboxylic acids is 1. The van der Waals surface area contributed by atoms with Crippen LogP contribution in [0.4, 0.5) is 0 Å². The predicted molar refractivity (Wildman–Crippen MR) is 76.5 cm³/mol. The second-order valence-corrected chi connectivity index (χ2v) is 4.60. The molecule has 0 aliphatic heterocycles. The van der Waals surface area contributed by atoms with Crippen LogP contribution in [-0.4, -0.2) is 33.7 Å². The molecular weight excluding hydrogens is 294 g/mol. The first-order valence-electron chi connectivity index (χ1n) is 6.16. The standard InChI is InChI=1S/C14H12ClN3O3/c15-12-6-5-11(17-18-12)13(19)16-8-7-9-3-1-2-4-10(9)14(20)21/h1-6H,7-8H2,(H,16,19)(H,20,21). The summed E-state index contributed by atoms with van der Waals surface area (Å²) in [4.78, 5) is 22.8. The third kappa shape index (κ3) is 4.00. The number of halogens is 1. The zero-order valence-electron chi connectivity index (χ0n) is 10.9. The number of aromatic nitrogens is 2. The molecule has 108 valence electrons. The van der Waals surface area contributed by atoms with Crippen LogP contribution in [0.15, 0.2) is 36.4 Å². The summed E-state index contributed by atoms with van der Waals surface area (Å²) in [7, 11) is 0. The average Bonchev–Trinajstić information content (AvgIpc) is 2.48. The molecule has 1 aromatic heterocycles. The highest BCUT2D eigenvalue weighted by atomic mass is 35.5. The molecule has 0 saturated heterocycles. The van der Waals surface area contributed by atoms with Gasteiger partial charge in [0.1, 0.15) is 0 Å². The predicted octanol–water partition coefficient (Wildman–Crippen LogP) is 1.80. The van der Waals surface area contributed by atoms with E-state index >= 15 is 0 Å². The van der Waals surface area contributed by atoms with Crippen molar-refractivity contribution >= 4 is 23.5 Å². The van der Waals surface area contributed by atoms with E-state index in [9.17, 15) is 9.59 Å². The van der Waals surface area contributed by atoms with Crippen molar-refractivity contribution in [2.75, 3.05) is 6.54 Å². The van der Waals surface area contributed by atoms with E-state index in [0.29, 0.717) is 18.5 Å². The van der Waals surface area contributed by atoms with Crippen LogP contribution < -0.4 is 5.32 Å². The quantitative estimate of drug-likeness (QED) is 0.878. The van der Waals surface area contributed by atoms with Gasteiger partial charge in [0.2, 0.25) is 0 Å². The van der Waals surface area contributed by atoms with Gasteiger partial charge in [-0.25, -0.2) is 4.79 Å². The lowest BCUT2D eigenvalue weighted by Gasteiger charge is -2.07. The molecule has 6 nitrogen and oxygen atoms in total. The minimum absolute atomic E-state index is 0.158. The Balaban J connectivity index is 1.94. The second kappa shape index (κ2) is 6.81. The van der Waals surface area contributed by atoms with Crippen LogP contribution in [0.2, 0.25) is 5.15 Å². The van der Waals surface area contributed by atoms with E-state index in [1.165, 1.54) is 18.2 Å². The molecule has 0 bridgehead atoms. The van der Waals surface area contributed by atoms with Crippen LogP contribution in [0.25, 0.3) is 0 Å². The lowest BCUT2D eigenvalue weighted by Crippen LogP contribution is -2.27. The molecule has 0 radical (unpaired) electrons. The number of hydrogen-bond donors (Lipinski definition) is 2. The third-order valence-corrected chi connectivity index (χ3v) is 2.99.